The van der Waals surface area contributed by atoms with Gasteiger partial charge in [0.05, 0.1) is 10.5 Å². The lowest BCUT2D eigenvalue weighted by Crippen LogP contribution is -2.35. The molecule has 2 rings (SSSR count). The summed E-state index contributed by atoms with van der Waals surface area (Å²) in [4.78, 5) is 19.3. The molecule has 2 aromatic rings. The summed E-state index contributed by atoms with van der Waals surface area (Å²) in [5, 5.41) is 3.38. The molecule has 0 aliphatic heterocycles. The van der Waals surface area contributed by atoms with Crippen LogP contribution >= 0.6 is 23.8 Å². The van der Waals surface area contributed by atoms with Crippen molar-refractivity contribution >= 4 is 40.9 Å². The van der Waals surface area contributed by atoms with E-state index in [2.05, 4.69) is 15.3 Å². The highest BCUT2D eigenvalue weighted by Crippen LogP contribution is 2.20. The number of carbonyl (C=O) groups excluding carboxylic acids is 1. The van der Waals surface area contributed by atoms with Crippen LogP contribution in [0.4, 0.5) is 0 Å². The van der Waals surface area contributed by atoms with E-state index in [-0.39, 0.29) is 11.9 Å². The Morgan fingerprint density at radius 2 is 2.21 bits per heavy atom. The Balaban J connectivity index is 2.47. The minimum Gasteiger partial charge on any atom is -0.352 e. The number of nitrogens with one attached hydrogen (secondary N) is 2. The minimum absolute atomic E-state index is 0.0803. The van der Waals surface area contributed by atoms with Crippen LogP contribution in [0.25, 0.3) is 11.2 Å². The molecule has 0 radical (unpaired) electrons. The van der Waals surface area contributed by atoms with Gasteiger partial charge in [-0.15, -0.1) is 0 Å². The van der Waals surface area contributed by atoms with E-state index in [0.717, 1.165) is 5.52 Å². The van der Waals surface area contributed by atoms with Crippen LogP contribution in [-0.2, 0) is 4.79 Å². The molecule has 2 aromatic heterocycles. The zero-order chi connectivity index (χ0) is 14.2. The van der Waals surface area contributed by atoms with E-state index in [1.165, 1.54) is 6.20 Å². The Morgan fingerprint density at radius 3 is 2.84 bits per heavy atom. The number of pyridine rings is 1. The molecular formula is C12H15ClN4OS. The fourth-order valence-corrected chi connectivity index (χ4v) is 2.38. The number of aromatic nitrogens is 3. The quantitative estimate of drug-likeness (QED) is 0.857. The Morgan fingerprint density at radius 1 is 1.53 bits per heavy atom. The third kappa shape index (κ3) is 2.79. The standard InChI is InChI=1S/C12H15ClN4OS/c1-6(2)15-11(18)7(3)17-10-9(16-12(17)19)4-8(13)5-14-10/h4-7H,1-3H3,(H,15,18)(H,16,19). The molecule has 2 heterocycles. The van der Waals surface area contributed by atoms with E-state index < -0.39 is 6.04 Å². The molecule has 0 aromatic carbocycles. The average molecular weight is 299 g/mol. The molecule has 1 unspecified atom stereocenters. The van der Waals surface area contributed by atoms with Crippen molar-refractivity contribution in [1.82, 2.24) is 19.9 Å². The summed E-state index contributed by atoms with van der Waals surface area (Å²) in [6.07, 6.45) is 1.54. The molecule has 0 bridgehead atoms. The van der Waals surface area contributed by atoms with Crippen molar-refractivity contribution in [3.63, 3.8) is 0 Å². The number of imidazole rings is 1. The number of H-pyrrole nitrogens is 1. The second-order valence-electron chi connectivity index (χ2n) is 4.66. The Bertz CT molecular complexity index is 676. The molecule has 102 valence electrons. The maximum Gasteiger partial charge on any atom is 0.243 e. The average Bonchev–Trinajstić information content (AvgIpc) is 2.62. The van der Waals surface area contributed by atoms with Gasteiger partial charge in [-0.05, 0) is 39.1 Å². The van der Waals surface area contributed by atoms with E-state index in [0.29, 0.717) is 15.4 Å². The summed E-state index contributed by atoms with van der Waals surface area (Å²) in [5.74, 6) is -0.0937. The van der Waals surface area contributed by atoms with Gasteiger partial charge in [0.1, 0.15) is 6.04 Å². The van der Waals surface area contributed by atoms with Crippen molar-refractivity contribution in [2.45, 2.75) is 32.9 Å². The highest BCUT2D eigenvalue weighted by atomic mass is 35.5. The summed E-state index contributed by atoms with van der Waals surface area (Å²) < 4.78 is 2.15. The fourth-order valence-electron chi connectivity index (χ4n) is 1.87. The first-order valence-electron chi connectivity index (χ1n) is 5.96. The van der Waals surface area contributed by atoms with Crippen LogP contribution in [0, 0.1) is 4.77 Å². The number of hydrogen-bond donors (Lipinski definition) is 2. The van der Waals surface area contributed by atoms with E-state index in [9.17, 15) is 4.79 Å². The first-order valence-corrected chi connectivity index (χ1v) is 6.75. The third-order valence-electron chi connectivity index (χ3n) is 2.72. The number of halogens is 1. The molecule has 1 atom stereocenters. The SMILES string of the molecule is CC(C)NC(=O)C(C)n1c(=S)[nH]c2cc(Cl)cnc21. The smallest absolute Gasteiger partial charge is 0.243 e. The Hall–Kier alpha value is -1.40. The number of hydrogen-bond acceptors (Lipinski definition) is 3. The first kappa shape index (κ1) is 14.0. The van der Waals surface area contributed by atoms with Gasteiger partial charge in [-0.3, -0.25) is 9.36 Å². The van der Waals surface area contributed by atoms with Crippen LogP contribution in [0.15, 0.2) is 12.3 Å². The third-order valence-corrected chi connectivity index (χ3v) is 3.23. The highest BCUT2D eigenvalue weighted by Gasteiger charge is 2.19. The summed E-state index contributed by atoms with van der Waals surface area (Å²) >= 11 is 11.1. The van der Waals surface area contributed by atoms with Gasteiger partial charge in [0.25, 0.3) is 0 Å². The van der Waals surface area contributed by atoms with Crippen molar-refractivity contribution in [2.75, 3.05) is 0 Å². The van der Waals surface area contributed by atoms with Crippen LogP contribution in [0.3, 0.4) is 0 Å². The van der Waals surface area contributed by atoms with Crippen LogP contribution in [0.5, 0.6) is 0 Å². The Kier molecular flexibility index (Phi) is 3.91. The molecule has 0 aliphatic carbocycles. The molecule has 0 saturated heterocycles. The summed E-state index contributed by atoms with van der Waals surface area (Å²) in [5.41, 5.74) is 1.35. The van der Waals surface area contributed by atoms with Gasteiger partial charge in [-0.2, -0.15) is 0 Å². The molecule has 2 N–H and O–H groups in total. The normalized spacial score (nSPS) is 12.9. The van der Waals surface area contributed by atoms with Crippen molar-refractivity contribution in [2.24, 2.45) is 0 Å². The molecule has 19 heavy (non-hydrogen) atoms. The highest BCUT2D eigenvalue weighted by molar-refractivity contribution is 7.71. The minimum atomic E-state index is -0.433. The van der Waals surface area contributed by atoms with Gasteiger partial charge in [0, 0.05) is 12.2 Å². The predicted octanol–water partition coefficient (Wildman–Crippen LogP) is 2.83. The number of amides is 1. The molecule has 0 fully saturated rings. The fraction of sp³-hybridized carbons (Fsp3) is 0.417. The van der Waals surface area contributed by atoms with Crippen LogP contribution in [-0.4, -0.2) is 26.5 Å². The topological polar surface area (TPSA) is 62.7 Å². The number of carbonyl (C=O) groups is 1. The lowest BCUT2D eigenvalue weighted by Gasteiger charge is -2.16. The van der Waals surface area contributed by atoms with Crippen LogP contribution < -0.4 is 5.32 Å². The first-order chi connectivity index (χ1) is 8.90. The molecule has 0 aliphatic rings. The van der Waals surface area contributed by atoms with E-state index in [4.69, 9.17) is 23.8 Å². The van der Waals surface area contributed by atoms with E-state index in [1.54, 1.807) is 17.6 Å². The monoisotopic (exact) mass is 298 g/mol. The van der Waals surface area contributed by atoms with Gasteiger partial charge in [0.2, 0.25) is 5.91 Å². The number of fused-ring (bicyclic) bond motifs is 1. The van der Waals surface area contributed by atoms with Gasteiger partial charge in [-0.1, -0.05) is 11.6 Å². The van der Waals surface area contributed by atoms with E-state index in [1.807, 2.05) is 13.8 Å². The maximum atomic E-state index is 12.1. The van der Waals surface area contributed by atoms with E-state index >= 15 is 0 Å². The van der Waals surface area contributed by atoms with Crippen molar-refractivity contribution < 1.29 is 4.79 Å². The molecular weight excluding hydrogens is 284 g/mol. The molecule has 1 amide bonds. The number of nitrogens with zero attached hydrogens (tertiary/aromatic N) is 2. The predicted molar refractivity (Wildman–Crippen MR) is 77.9 cm³/mol. The second-order valence-corrected chi connectivity index (χ2v) is 5.49. The lowest BCUT2D eigenvalue weighted by molar-refractivity contribution is -0.124. The second kappa shape index (κ2) is 5.30. The van der Waals surface area contributed by atoms with Crippen molar-refractivity contribution in [1.29, 1.82) is 0 Å². The molecule has 5 nitrogen and oxygen atoms in total. The summed E-state index contributed by atoms with van der Waals surface area (Å²) in [7, 11) is 0. The van der Waals surface area contributed by atoms with Gasteiger partial charge in [-0.25, -0.2) is 4.98 Å². The zero-order valence-corrected chi connectivity index (χ0v) is 12.5. The van der Waals surface area contributed by atoms with Crippen molar-refractivity contribution in [3.8, 4) is 0 Å². The van der Waals surface area contributed by atoms with Gasteiger partial charge in [0.15, 0.2) is 10.4 Å². The lowest BCUT2D eigenvalue weighted by atomic mass is 10.2. The van der Waals surface area contributed by atoms with Crippen molar-refractivity contribution in [3.05, 3.63) is 22.1 Å². The zero-order valence-electron chi connectivity index (χ0n) is 10.9. The molecule has 0 spiro atoms. The van der Waals surface area contributed by atoms with Gasteiger partial charge >= 0.3 is 0 Å². The van der Waals surface area contributed by atoms with Gasteiger partial charge < -0.3 is 10.3 Å². The number of aromatic amines is 1. The van der Waals surface area contributed by atoms with Crippen LogP contribution in [0.1, 0.15) is 26.8 Å². The largest absolute Gasteiger partial charge is 0.352 e. The molecule has 7 heteroatoms. The van der Waals surface area contributed by atoms with Crippen LogP contribution in [0.2, 0.25) is 5.02 Å². The summed E-state index contributed by atoms with van der Waals surface area (Å²) in [6, 6.07) is 1.39. The Labute approximate surface area is 121 Å². The molecule has 0 saturated carbocycles. The summed E-state index contributed by atoms with van der Waals surface area (Å²) in [6.45, 7) is 5.62. The maximum absolute atomic E-state index is 12.1. The number of rotatable bonds is 3.